The van der Waals surface area contributed by atoms with Crippen LogP contribution >= 0.6 is 0 Å². The number of amides is 3. The summed E-state index contributed by atoms with van der Waals surface area (Å²) in [6, 6.07) is 14.2. The van der Waals surface area contributed by atoms with Crippen molar-refractivity contribution in [1.29, 1.82) is 0 Å². The average Bonchev–Trinajstić information content (AvgIpc) is 2.82. The number of unbranched alkanes of at least 4 members (excludes halogenated alkanes) is 1. The molecule has 1 aliphatic heterocycles. The molecule has 6 nitrogen and oxygen atoms in total. The van der Waals surface area contributed by atoms with Crippen LogP contribution in [-0.4, -0.2) is 59.2 Å². The summed E-state index contributed by atoms with van der Waals surface area (Å²) in [5.41, 5.74) is 0.800. The monoisotopic (exact) mass is 453 g/mol. The highest BCUT2D eigenvalue weighted by molar-refractivity contribution is 5.97. The lowest BCUT2D eigenvalue weighted by atomic mass is 10.0. The number of carbonyl (C=O) groups excluding carboxylic acids is 3. The van der Waals surface area contributed by atoms with Gasteiger partial charge < -0.3 is 15.1 Å². The number of hydrogen-bond donors (Lipinski definition) is 1. The third kappa shape index (κ3) is 6.40. The van der Waals surface area contributed by atoms with E-state index in [-0.39, 0.29) is 23.4 Å². The van der Waals surface area contributed by atoms with Crippen molar-refractivity contribution in [3.05, 3.63) is 71.5 Å². The van der Waals surface area contributed by atoms with E-state index in [0.29, 0.717) is 32.5 Å². The molecule has 1 fully saturated rings. The van der Waals surface area contributed by atoms with Crippen LogP contribution in [0.1, 0.15) is 49.0 Å². The number of nitrogens with one attached hydrogen (secondary N) is 1. The molecule has 0 radical (unpaired) electrons. The number of carbonyl (C=O) groups is 3. The van der Waals surface area contributed by atoms with Crippen molar-refractivity contribution >= 4 is 17.7 Å². The molecule has 2 aromatic rings. The fraction of sp³-hybridized carbons (Fsp3) is 0.423. The number of halogens is 1. The number of rotatable bonds is 8. The summed E-state index contributed by atoms with van der Waals surface area (Å²) in [6.07, 6.45) is 2.63. The van der Waals surface area contributed by atoms with Crippen LogP contribution in [0.5, 0.6) is 0 Å². The van der Waals surface area contributed by atoms with E-state index in [1.54, 1.807) is 11.0 Å². The first-order chi connectivity index (χ1) is 15.9. The van der Waals surface area contributed by atoms with Gasteiger partial charge in [-0.15, -0.1) is 0 Å². The smallest absolute Gasteiger partial charge is 0.254 e. The lowest BCUT2D eigenvalue weighted by Gasteiger charge is -2.41. The first kappa shape index (κ1) is 24.4. The van der Waals surface area contributed by atoms with Gasteiger partial charge in [0.2, 0.25) is 11.8 Å². The van der Waals surface area contributed by atoms with Crippen molar-refractivity contribution in [3.8, 4) is 0 Å². The van der Waals surface area contributed by atoms with Crippen molar-refractivity contribution in [2.75, 3.05) is 19.6 Å². The first-order valence-corrected chi connectivity index (χ1v) is 11.6. The third-order valence-electron chi connectivity index (χ3n) is 6.01. The fourth-order valence-corrected chi connectivity index (χ4v) is 4.15. The Kier molecular flexibility index (Phi) is 8.58. The lowest BCUT2D eigenvalue weighted by molar-refractivity contribution is -0.143. The van der Waals surface area contributed by atoms with E-state index in [2.05, 4.69) is 12.2 Å². The molecule has 1 saturated heterocycles. The zero-order valence-electron chi connectivity index (χ0n) is 19.3. The molecule has 7 heteroatoms. The summed E-state index contributed by atoms with van der Waals surface area (Å²) >= 11 is 0. The number of benzene rings is 2. The van der Waals surface area contributed by atoms with Crippen LogP contribution in [0.25, 0.3) is 0 Å². The number of hydrogen-bond acceptors (Lipinski definition) is 3. The molecule has 0 aromatic heterocycles. The Hall–Kier alpha value is -3.22. The summed E-state index contributed by atoms with van der Waals surface area (Å²) in [5, 5.41) is 2.75. The van der Waals surface area contributed by atoms with Crippen LogP contribution in [0, 0.1) is 5.82 Å². The van der Waals surface area contributed by atoms with Gasteiger partial charge >= 0.3 is 0 Å². The highest BCUT2D eigenvalue weighted by Crippen LogP contribution is 2.16. The molecule has 3 amide bonds. The molecule has 3 rings (SSSR count). The predicted molar refractivity (Wildman–Crippen MR) is 125 cm³/mol. The van der Waals surface area contributed by atoms with E-state index in [0.717, 1.165) is 18.4 Å². The number of piperazine rings is 1. The second kappa shape index (κ2) is 11.6. The molecule has 2 atom stereocenters. The van der Waals surface area contributed by atoms with Crippen LogP contribution in [0.2, 0.25) is 0 Å². The largest absolute Gasteiger partial charge is 0.340 e. The summed E-state index contributed by atoms with van der Waals surface area (Å²) in [4.78, 5) is 42.3. The molecular weight excluding hydrogens is 421 g/mol. The molecule has 0 spiro atoms. The summed E-state index contributed by atoms with van der Waals surface area (Å²) in [5.74, 6) is -1.36. The summed E-state index contributed by atoms with van der Waals surface area (Å²) < 4.78 is 14.1. The molecule has 1 heterocycles. The van der Waals surface area contributed by atoms with Crippen molar-refractivity contribution in [2.45, 2.75) is 51.6 Å². The maximum atomic E-state index is 14.1. The third-order valence-corrected chi connectivity index (χ3v) is 6.01. The van der Waals surface area contributed by atoms with E-state index < -0.39 is 17.8 Å². The van der Waals surface area contributed by atoms with Gasteiger partial charge in [0.05, 0.1) is 5.56 Å². The Labute approximate surface area is 194 Å². The second-order valence-electron chi connectivity index (χ2n) is 8.52. The molecule has 2 unspecified atom stereocenters. The average molecular weight is 454 g/mol. The van der Waals surface area contributed by atoms with Crippen LogP contribution in [0.3, 0.4) is 0 Å². The van der Waals surface area contributed by atoms with Crippen molar-refractivity contribution in [2.24, 2.45) is 0 Å². The predicted octanol–water partition coefficient (Wildman–Crippen LogP) is 3.42. The van der Waals surface area contributed by atoms with E-state index in [1.165, 1.54) is 18.2 Å². The molecule has 1 aliphatic rings. The molecular formula is C26H32FN3O3. The topological polar surface area (TPSA) is 69.7 Å². The Bertz CT molecular complexity index is 966. The molecule has 0 bridgehead atoms. The van der Waals surface area contributed by atoms with Crippen LogP contribution in [0.15, 0.2) is 54.6 Å². The fourth-order valence-electron chi connectivity index (χ4n) is 4.15. The number of nitrogens with zero attached hydrogens (tertiary/aromatic N) is 2. The van der Waals surface area contributed by atoms with Gasteiger partial charge in [-0.05, 0) is 31.0 Å². The van der Waals surface area contributed by atoms with Gasteiger partial charge in [-0.3, -0.25) is 14.4 Å². The van der Waals surface area contributed by atoms with Gasteiger partial charge in [0, 0.05) is 38.5 Å². The van der Waals surface area contributed by atoms with Crippen molar-refractivity contribution in [1.82, 2.24) is 15.1 Å². The summed E-state index contributed by atoms with van der Waals surface area (Å²) in [7, 11) is 0. The molecule has 176 valence electrons. The quantitative estimate of drug-likeness (QED) is 0.666. The molecule has 2 aromatic carbocycles. The molecule has 33 heavy (non-hydrogen) atoms. The van der Waals surface area contributed by atoms with Crippen molar-refractivity contribution in [3.63, 3.8) is 0 Å². The molecule has 0 aliphatic carbocycles. The van der Waals surface area contributed by atoms with E-state index >= 15 is 0 Å². The molecule has 0 saturated carbocycles. The van der Waals surface area contributed by atoms with Crippen LogP contribution < -0.4 is 5.32 Å². The Morgan fingerprint density at radius 1 is 1.06 bits per heavy atom. The van der Waals surface area contributed by atoms with E-state index in [1.807, 2.05) is 42.2 Å². The lowest BCUT2D eigenvalue weighted by Crippen LogP contribution is -2.59. The second-order valence-corrected chi connectivity index (χ2v) is 8.52. The normalized spacial score (nSPS) is 16.9. The minimum Gasteiger partial charge on any atom is -0.340 e. The van der Waals surface area contributed by atoms with Gasteiger partial charge in [0.1, 0.15) is 11.9 Å². The van der Waals surface area contributed by atoms with Gasteiger partial charge in [-0.25, -0.2) is 4.39 Å². The zero-order valence-corrected chi connectivity index (χ0v) is 19.3. The van der Waals surface area contributed by atoms with Gasteiger partial charge in [-0.2, -0.15) is 0 Å². The minimum absolute atomic E-state index is 0.0944. The van der Waals surface area contributed by atoms with Gasteiger partial charge in [0.25, 0.3) is 5.91 Å². The SMILES string of the molecule is CCCCC(=O)N1CCN(C(=O)C(Cc2ccccc2)NC(=O)c2ccccc2F)CC1C. The standard InChI is InChI=1S/C26H32FN3O3/c1-3-4-14-24(31)30-16-15-29(18-19(30)2)26(33)23(17-20-10-6-5-7-11-20)28-25(32)21-12-8-9-13-22(21)27/h5-13,19,23H,3-4,14-18H2,1-2H3,(H,28,32). The molecule has 1 N–H and O–H groups in total. The zero-order chi connectivity index (χ0) is 23.8. The van der Waals surface area contributed by atoms with Crippen LogP contribution in [0.4, 0.5) is 4.39 Å². The van der Waals surface area contributed by atoms with Gasteiger partial charge in [0.15, 0.2) is 0 Å². The van der Waals surface area contributed by atoms with Gasteiger partial charge in [-0.1, -0.05) is 55.8 Å². The Morgan fingerprint density at radius 2 is 1.76 bits per heavy atom. The minimum atomic E-state index is -0.839. The first-order valence-electron chi connectivity index (χ1n) is 11.6. The van der Waals surface area contributed by atoms with Crippen LogP contribution in [-0.2, 0) is 16.0 Å². The Morgan fingerprint density at radius 3 is 2.42 bits per heavy atom. The maximum Gasteiger partial charge on any atom is 0.254 e. The van der Waals surface area contributed by atoms with Crippen molar-refractivity contribution < 1.29 is 18.8 Å². The Balaban J connectivity index is 1.73. The van der Waals surface area contributed by atoms with E-state index in [4.69, 9.17) is 0 Å². The maximum absolute atomic E-state index is 14.1. The summed E-state index contributed by atoms with van der Waals surface area (Å²) in [6.45, 7) is 5.26. The van der Waals surface area contributed by atoms with E-state index in [9.17, 15) is 18.8 Å². The highest BCUT2D eigenvalue weighted by Gasteiger charge is 2.33. The highest BCUT2D eigenvalue weighted by atomic mass is 19.1.